The van der Waals surface area contributed by atoms with Gasteiger partial charge in [-0.1, -0.05) is 29.8 Å². The van der Waals surface area contributed by atoms with Crippen LogP contribution in [0.2, 0.25) is 5.15 Å². The van der Waals surface area contributed by atoms with Gasteiger partial charge in [-0.2, -0.15) is 5.10 Å². The minimum Gasteiger partial charge on any atom is -0.465 e. The first-order valence-corrected chi connectivity index (χ1v) is 12.6. The second-order valence-electron chi connectivity index (χ2n) is 9.72. The SMILES string of the molecule is O=C1CCC(N2C(=O)c3cccc4c(Cc5cn(C6CCN(C(=O)O)CC6)nc5Cl)ccc2c34)C(=O)N1. The molecular formula is C26H24ClN5O5. The Bertz CT molecular complexity index is 1480. The monoisotopic (exact) mass is 521 g/mol. The third-order valence-electron chi connectivity index (χ3n) is 7.59. The van der Waals surface area contributed by atoms with Gasteiger partial charge in [0.05, 0.1) is 11.7 Å². The van der Waals surface area contributed by atoms with E-state index in [0.29, 0.717) is 48.8 Å². The lowest BCUT2D eigenvalue weighted by Crippen LogP contribution is -2.53. The van der Waals surface area contributed by atoms with Crippen LogP contribution >= 0.6 is 11.6 Å². The fraction of sp³-hybridized carbons (Fsp3) is 0.346. The van der Waals surface area contributed by atoms with Crippen LogP contribution in [-0.2, 0) is 16.0 Å². The van der Waals surface area contributed by atoms with Crippen molar-refractivity contribution in [2.45, 2.75) is 44.2 Å². The summed E-state index contributed by atoms with van der Waals surface area (Å²) in [7, 11) is 0. The third kappa shape index (κ3) is 3.92. The highest BCUT2D eigenvalue weighted by Gasteiger charge is 2.40. The highest BCUT2D eigenvalue weighted by atomic mass is 35.5. The fourth-order valence-corrected chi connectivity index (χ4v) is 5.90. The molecule has 37 heavy (non-hydrogen) atoms. The Morgan fingerprint density at radius 2 is 1.86 bits per heavy atom. The smallest absolute Gasteiger partial charge is 0.407 e. The molecule has 11 heteroatoms. The maximum Gasteiger partial charge on any atom is 0.407 e. The summed E-state index contributed by atoms with van der Waals surface area (Å²) in [5.41, 5.74) is 3.02. The third-order valence-corrected chi connectivity index (χ3v) is 7.90. The normalized spacial score (nSPS) is 20.1. The Morgan fingerprint density at radius 3 is 2.59 bits per heavy atom. The standard InChI is InChI=1S/C26H24ClN5O5/c27-23-15(13-31(29-23)16-8-10-30(11-9-16)26(36)37)12-14-4-5-19-22-17(14)2-1-3-18(22)25(35)32(19)20-6-7-21(33)28-24(20)34/h1-5,13,16,20H,6-12H2,(H,36,37)(H,28,33,34). The van der Waals surface area contributed by atoms with Crippen molar-refractivity contribution in [3.63, 3.8) is 0 Å². The van der Waals surface area contributed by atoms with Crippen LogP contribution in [0.4, 0.5) is 10.5 Å². The second kappa shape index (κ2) is 8.88. The van der Waals surface area contributed by atoms with E-state index in [9.17, 15) is 24.3 Å². The fourth-order valence-electron chi connectivity index (χ4n) is 5.70. The summed E-state index contributed by atoms with van der Waals surface area (Å²) in [6, 6.07) is 8.70. The number of piperidine rings is 2. The summed E-state index contributed by atoms with van der Waals surface area (Å²) < 4.78 is 1.84. The number of hydrogen-bond acceptors (Lipinski definition) is 5. The van der Waals surface area contributed by atoms with Crippen LogP contribution < -0.4 is 10.2 Å². The zero-order valence-electron chi connectivity index (χ0n) is 19.8. The zero-order chi connectivity index (χ0) is 25.8. The number of amides is 4. The summed E-state index contributed by atoms with van der Waals surface area (Å²) in [5.74, 6) is -1.02. The molecule has 3 aromatic rings. The molecule has 1 atom stereocenters. The number of anilines is 1. The van der Waals surface area contributed by atoms with Crippen LogP contribution in [0.25, 0.3) is 10.8 Å². The number of nitrogens with one attached hydrogen (secondary N) is 1. The predicted octanol–water partition coefficient (Wildman–Crippen LogP) is 3.36. The Morgan fingerprint density at radius 1 is 1.08 bits per heavy atom. The highest BCUT2D eigenvalue weighted by molar-refractivity contribution is 6.30. The van der Waals surface area contributed by atoms with E-state index in [-0.39, 0.29) is 30.7 Å². The van der Waals surface area contributed by atoms with Crippen molar-refractivity contribution >= 4 is 51.9 Å². The average molecular weight is 522 g/mol. The van der Waals surface area contributed by atoms with Crippen LogP contribution in [0.1, 0.15) is 53.2 Å². The minimum absolute atomic E-state index is 0.0781. The zero-order valence-corrected chi connectivity index (χ0v) is 20.6. The summed E-state index contributed by atoms with van der Waals surface area (Å²) in [5, 5.41) is 18.1. The molecule has 0 bridgehead atoms. The van der Waals surface area contributed by atoms with Crippen molar-refractivity contribution in [2.75, 3.05) is 18.0 Å². The van der Waals surface area contributed by atoms with Crippen molar-refractivity contribution in [1.82, 2.24) is 20.0 Å². The number of carbonyl (C=O) groups is 4. The molecule has 0 saturated carbocycles. The molecule has 4 amide bonds. The van der Waals surface area contributed by atoms with Gasteiger partial charge >= 0.3 is 6.09 Å². The Hall–Kier alpha value is -3.92. The molecule has 0 spiro atoms. The molecule has 10 nitrogen and oxygen atoms in total. The topological polar surface area (TPSA) is 125 Å². The molecule has 0 radical (unpaired) electrons. The molecule has 3 aliphatic rings. The number of carboxylic acid groups (broad SMARTS) is 1. The Kier molecular flexibility index (Phi) is 5.63. The van der Waals surface area contributed by atoms with Crippen molar-refractivity contribution in [2.24, 2.45) is 0 Å². The van der Waals surface area contributed by atoms with E-state index < -0.39 is 18.0 Å². The van der Waals surface area contributed by atoms with Gasteiger partial charge in [-0.05, 0) is 42.3 Å². The van der Waals surface area contributed by atoms with Gasteiger partial charge in [0.1, 0.15) is 6.04 Å². The van der Waals surface area contributed by atoms with Crippen molar-refractivity contribution in [1.29, 1.82) is 0 Å². The van der Waals surface area contributed by atoms with Crippen LogP contribution in [0.5, 0.6) is 0 Å². The molecule has 2 aromatic carbocycles. The van der Waals surface area contributed by atoms with Crippen molar-refractivity contribution < 1.29 is 24.3 Å². The number of hydrogen-bond donors (Lipinski definition) is 2. The van der Waals surface area contributed by atoms with Crippen molar-refractivity contribution in [3.05, 3.63) is 58.4 Å². The first-order valence-electron chi connectivity index (χ1n) is 12.2. The van der Waals surface area contributed by atoms with Gasteiger partial charge in [0, 0.05) is 48.6 Å². The van der Waals surface area contributed by atoms with E-state index in [4.69, 9.17) is 11.6 Å². The average Bonchev–Trinajstić information content (AvgIpc) is 3.39. The van der Waals surface area contributed by atoms with E-state index in [1.165, 1.54) is 9.80 Å². The van der Waals surface area contributed by atoms with Gasteiger partial charge in [0.2, 0.25) is 11.8 Å². The number of nitrogens with zero attached hydrogens (tertiary/aromatic N) is 4. The number of carbonyl (C=O) groups excluding carboxylic acids is 3. The Balaban J connectivity index is 1.30. The summed E-state index contributed by atoms with van der Waals surface area (Å²) in [4.78, 5) is 51.7. The lowest BCUT2D eigenvalue weighted by molar-refractivity contribution is -0.134. The molecule has 2 saturated heterocycles. The largest absolute Gasteiger partial charge is 0.465 e. The van der Waals surface area contributed by atoms with Crippen molar-refractivity contribution in [3.8, 4) is 0 Å². The van der Waals surface area contributed by atoms with Crippen LogP contribution in [0.15, 0.2) is 36.5 Å². The summed E-state index contributed by atoms with van der Waals surface area (Å²) >= 11 is 6.52. The number of imide groups is 1. The van der Waals surface area contributed by atoms with Gasteiger partial charge in [0.25, 0.3) is 5.91 Å². The van der Waals surface area contributed by atoms with Crippen LogP contribution in [-0.4, -0.2) is 62.7 Å². The van der Waals surface area contributed by atoms with Gasteiger partial charge < -0.3 is 10.0 Å². The second-order valence-corrected chi connectivity index (χ2v) is 10.1. The van der Waals surface area contributed by atoms with Gasteiger partial charge in [-0.15, -0.1) is 0 Å². The molecule has 0 aliphatic carbocycles. The number of likely N-dealkylation sites (tertiary alicyclic amines) is 1. The molecule has 190 valence electrons. The number of rotatable bonds is 4. The predicted molar refractivity (Wildman–Crippen MR) is 135 cm³/mol. The first kappa shape index (κ1) is 23.5. The molecule has 1 unspecified atom stereocenters. The molecule has 4 heterocycles. The molecule has 2 N–H and O–H groups in total. The summed E-state index contributed by atoms with van der Waals surface area (Å²) in [6.07, 6.45) is 3.34. The van der Waals surface area contributed by atoms with E-state index in [2.05, 4.69) is 10.4 Å². The van der Waals surface area contributed by atoms with Crippen LogP contribution in [0.3, 0.4) is 0 Å². The van der Waals surface area contributed by atoms with Gasteiger partial charge in [-0.3, -0.25) is 29.3 Å². The molecule has 6 rings (SSSR count). The summed E-state index contributed by atoms with van der Waals surface area (Å²) in [6.45, 7) is 0.915. The first-order chi connectivity index (χ1) is 17.8. The number of aromatic nitrogens is 2. The van der Waals surface area contributed by atoms with E-state index in [0.717, 1.165) is 21.9 Å². The molecule has 3 aliphatic heterocycles. The van der Waals surface area contributed by atoms with E-state index in [1.807, 2.05) is 35.1 Å². The number of halogens is 1. The number of benzene rings is 2. The van der Waals surface area contributed by atoms with Gasteiger partial charge in [0.15, 0.2) is 5.15 Å². The lowest BCUT2D eigenvalue weighted by Gasteiger charge is -2.30. The molecular weight excluding hydrogens is 498 g/mol. The minimum atomic E-state index is -0.903. The Labute approximate surface area is 216 Å². The quantitative estimate of drug-likeness (QED) is 0.507. The maximum atomic E-state index is 13.4. The van der Waals surface area contributed by atoms with E-state index in [1.54, 1.807) is 6.07 Å². The molecule has 1 aromatic heterocycles. The molecule has 2 fully saturated rings. The van der Waals surface area contributed by atoms with E-state index >= 15 is 0 Å². The maximum absolute atomic E-state index is 13.4. The van der Waals surface area contributed by atoms with Gasteiger partial charge in [-0.25, -0.2) is 4.79 Å². The lowest BCUT2D eigenvalue weighted by atomic mass is 9.97. The highest BCUT2D eigenvalue weighted by Crippen LogP contribution is 2.41. The van der Waals surface area contributed by atoms with Crippen LogP contribution in [0, 0.1) is 0 Å².